The van der Waals surface area contributed by atoms with Crippen LogP contribution in [0.1, 0.15) is 40.0 Å². The molecule has 0 aliphatic carbocycles. The minimum atomic E-state index is -0.965. The topological polar surface area (TPSA) is 57.6 Å². The van der Waals surface area contributed by atoms with E-state index in [1.165, 1.54) is 17.7 Å². The number of carboxylic acid groups (broad SMARTS) is 1. The lowest BCUT2D eigenvalue weighted by atomic mass is 10.0. The van der Waals surface area contributed by atoms with Gasteiger partial charge in [0.25, 0.3) is 0 Å². The summed E-state index contributed by atoms with van der Waals surface area (Å²) in [6.07, 6.45) is 0.257. The van der Waals surface area contributed by atoms with Gasteiger partial charge in [0, 0.05) is 7.05 Å². The van der Waals surface area contributed by atoms with Gasteiger partial charge in [0.2, 0.25) is 5.91 Å². The number of amides is 1. The largest absolute Gasteiger partial charge is 0.478 e. The molecule has 1 N–H and O–H groups in total. The standard InChI is InChI=1S/C19H21NO3/c1-13-4-8-16(9-5-13)14(2)20(3)18(21)12-15-6-10-17(11-7-15)19(22)23/h4-11,14H,12H2,1-3H3,(H,22,23). The molecule has 2 aromatic rings. The van der Waals surface area contributed by atoms with Crippen LogP contribution in [-0.4, -0.2) is 28.9 Å². The molecular formula is C19H21NO3. The van der Waals surface area contributed by atoms with Crippen LogP contribution in [-0.2, 0) is 11.2 Å². The first-order chi connectivity index (χ1) is 10.9. The molecule has 0 aliphatic rings. The Morgan fingerprint density at radius 2 is 1.61 bits per heavy atom. The van der Waals surface area contributed by atoms with E-state index < -0.39 is 5.97 Å². The molecule has 1 amide bonds. The number of nitrogens with zero attached hydrogens (tertiary/aromatic N) is 1. The lowest BCUT2D eigenvalue weighted by Gasteiger charge is -2.25. The predicted molar refractivity (Wildman–Crippen MR) is 89.5 cm³/mol. The molecule has 4 heteroatoms. The Kier molecular flexibility index (Phi) is 5.16. The van der Waals surface area contributed by atoms with E-state index in [1.54, 1.807) is 24.1 Å². The van der Waals surface area contributed by atoms with Gasteiger partial charge < -0.3 is 10.0 Å². The molecule has 0 aliphatic heterocycles. The Labute approximate surface area is 136 Å². The second-order valence-electron chi connectivity index (χ2n) is 5.77. The summed E-state index contributed by atoms with van der Waals surface area (Å²) in [5.41, 5.74) is 3.31. The second-order valence-corrected chi connectivity index (χ2v) is 5.77. The van der Waals surface area contributed by atoms with Crippen molar-refractivity contribution in [3.63, 3.8) is 0 Å². The lowest BCUT2D eigenvalue weighted by molar-refractivity contribution is -0.131. The summed E-state index contributed by atoms with van der Waals surface area (Å²) in [5, 5.41) is 8.89. The summed E-state index contributed by atoms with van der Waals surface area (Å²) < 4.78 is 0. The van der Waals surface area contributed by atoms with E-state index in [0.717, 1.165) is 11.1 Å². The van der Waals surface area contributed by atoms with Gasteiger partial charge >= 0.3 is 5.97 Å². The highest BCUT2D eigenvalue weighted by Crippen LogP contribution is 2.20. The zero-order valence-corrected chi connectivity index (χ0v) is 13.6. The third kappa shape index (κ3) is 4.19. The van der Waals surface area contributed by atoms with Gasteiger partial charge in [-0.1, -0.05) is 42.0 Å². The average Bonchev–Trinajstić information content (AvgIpc) is 2.54. The predicted octanol–water partition coefficient (Wildman–Crippen LogP) is 3.46. The zero-order valence-electron chi connectivity index (χ0n) is 13.6. The van der Waals surface area contributed by atoms with E-state index in [4.69, 9.17) is 5.11 Å². The summed E-state index contributed by atoms with van der Waals surface area (Å²) in [5.74, 6) is -0.964. The van der Waals surface area contributed by atoms with Gasteiger partial charge in [-0.05, 0) is 37.1 Å². The van der Waals surface area contributed by atoms with Crippen molar-refractivity contribution in [2.24, 2.45) is 0 Å². The normalized spacial score (nSPS) is 11.8. The minimum Gasteiger partial charge on any atom is -0.478 e. The molecule has 0 spiro atoms. The van der Waals surface area contributed by atoms with Crippen molar-refractivity contribution < 1.29 is 14.7 Å². The first kappa shape index (κ1) is 16.7. The quantitative estimate of drug-likeness (QED) is 0.920. The number of carbonyl (C=O) groups is 2. The molecule has 0 radical (unpaired) electrons. The Hall–Kier alpha value is -2.62. The van der Waals surface area contributed by atoms with Crippen LogP contribution in [0.4, 0.5) is 0 Å². The van der Waals surface area contributed by atoms with Crippen molar-refractivity contribution in [3.05, 3.63) is 70.8 Å². The van der Waals surface area contributed by atoms with Gasteiger partial charge in [-0.2, -0.15) is 0 Å². The minimum absolute atomic E-state index is 0.00106. The van der Waals surface area contributed by atoms with Crippen LogP contribution < -0.4 is 0 Å². The average molecular weight is 311 g/mol. The summed E-state index contributed by atoms with van der Waals surface area (Å²) in [6, 6.07) is 14.5. The lowest BCUT2D eigenvalue weighted by Crippen LogP contribution is -2.30. The van der Waals surface area contributed by atoms with Crippen molar-refractivity contribution in [3.8, 4) is 0 Å². The third-order valence-corrected chi connectivity index (χ3v) is 4.09. The first-order valence-corrected chi connectivity index (χ1v) is 7.53. The van der Waals surface area contributed by atoms with Gasteiger partial charge in [-0.3, -0.25) is 4.79 Å². The van der Waals surface area contributed by atoms with Crippen LogP contribution in [0.5, 0.6) is 0 Å². The van der Waals surface area contributed by atoms with Gasteiger partial charge in [0.05, 0.1) is 18.0 Å². The smallest absolute Gasteiger partial charge is 0.335 e. The highest BCUT2D eigenvalue weighted by molar-refractivity contribution is 5.87. The molecule has 120 valence electrons. The molecule has 0 bridgehead atoms. The molecule has 0 heterocycles. The van der Waals surface area contributed by atoms with Crippen LogP contribution in [0.25, 0.3) is 0 Å². The maximum Gasteiger partial charge on any atom is 0.335 e. The van der Waals surface area contributed by atoms with Crippen molar-refractivity contribution in [2.75, 3.05) is 7.05 Å². The van der Waals surface area contributed by atoms with Crippen LogP contribution >= 0.6 is 0 Å². The first-order valence-electron chi connectivity index (χ1n) is 7.53. The molecule has 1 unspecified atom stereocenters. The highest BCUT2D eigenvalue weighted by Gasteiger charge is 2.17. The Morgan fingerprint density at radius 1 is 1.04 bits per heavy atom. The van der Waals surface area contributed by atoms with Gasteiger partial charge in [0.1, 0.15) is 0 Å². The van der Waals surface area contributed by atoms with Crippen molar-refractivity contribution in [1.82, 2.24) is 4.90 Å². The van der Waals surface area contributed by atoms with Gasteiger partial charge in [0.15, 0.2) is 0 Å². The summed E-state index contributed by atoms with van der Waals surface area (Å²) in [6.45, 7) is 4.03. The molecule has 23 heavy (non-hydrogen) atoms. The third-order valence-electron chi connectivity index (χ3n) is 4.09. The molecule has 0 saturated carbocycles. The van der Waals surface area contributed by atoms with Crippen molar-refractivity contribution in [1.29, 1.82) is 0 Å². The van der Waals surface area contributed by atoms with Crippen LogP contribution in [0.3, 0.4) is 0 Å². The van der Waals surface area contributed by atoms with Gasteiger partial charge in [-0.25, -0.2) is 4.79 Å². The number of benzene rings is 2. The van der Waals surface area contributed by atoms with Crippen LogP contribution in [0, 0.1) is 6.92 Å². The maximum absolute atomic E-state index is 12.4. The molecule has 2 aromatic carbocycles. The maximum atomic E-state index is 12.4. The molecule has 1 atom stereocenters. The number of aromatic carboxylic acids is 1. The summed E-state index contributed by atoms with van der Waals surface area (Å²) in [4.78, 5) is 25.0. The number of rotatable bonds is 5. The highest BCUT2D eigenvalue weighted by atomic mass is 16.4. The molecule has 2 rings (SSSR count). The fraction of sp³-hybridized carbons (Fsp3) is 0.263. The Morgan fingerprint density at radius 3 is 2.13 bits per heavy atom. The fourth-order valence-electron chi connectivity index (χ4n) is 2.35. The summed E-state index contributed by atoms with van der Waals surface area (Å²) in [7, 11) is 1.79. The second kappa shape index (κ2) is 7.09. The van der Waals surface area contributed by atoms with E-state index in [2.05, 4.69) is 0 Å². The van der Waals surface area contributed by atoms with Crippen molar-refractivity contribution in [2.45, 2.75) is 26.3 Å². The Bertz CT molecular complexity index is 690. The Balaban J connectivity index is 2.04. The summed E-state index contributed by atoms with van der Waals surface area (Å²) >= 11 is 0. The number of hydrogen-bond acceptors (Lipinski definition) is 2. The molecule has 0 fully saturated rings. The van der Waals surface area contributed by atoms with E-state index in [1.807, 2.05) is 38.1 Å². The number of aryl methyl sites for hydroxylation is 1. The SMILES string of the molecule is Cc1ccc(C(C)N(C)C(=O)Cc2ccc(C(=O)O)cc2)cc1. The van der Waals surface area contributed by atoms with E-state index in [-0.39, 0.29) is 23.9 Å². The van der Waals surface area contributed by atoms with E-state index in [0.29, 0.717) is 0 Å². The van der Waals surface area contributed by atoms with Crippen LogP contribution in [0.2, 0.25) is 0 Å². The van der Waals surface area contributed by atoms with E-state index >= 15 is 0 Å². The number of hydrogen-bond donors (Lipinski definition) is 1. The van der Waals surface area contributed by atoms with Crippen LogP contribution in [0.15, 0.2) is 48.5 Å². The van der Waals surface area contributed by atoms with Gasteiger partial charge in [-0.15, -0.1) is 0 Å². The number of likely N-dealkylation sites (N-methyl/N-ethyl adjacent to an activating group) is 1. The molecular weight excluding hydrogens is 290 g/mol. The number of carbonyl (C=O) groups excluding carboxylic acids is 1. The molecule has 0 aromatic heterocycles. The fourth-order valence-corrected chi connectivity index (χ4v) is 2.35. The van der Waals surface area contributed by atoms with Crippen molar-refractivity contribution >= 4 is 11.9 Å². The molecule has 4 nitrogen and oxygen atoms in total. The number of carboxylic acids is 1. The van der Waals surface area contributed by atoms with E-state index in [9.17, 15) is 9.59 Å². The monoisotopic (exact) mass is 311 g/mol. The zero-order chi connectivity index (χ0) is 17.0. The molecule has 0 saturated heterocycles.